The molecule has 1 atom stereocenters. The number of hydrogen-bond acceptors (Lipinski definition) is 2. The van der Waals surface area contributed by atoms with Gasteiger partial charge in [0, 0.05) is 17.5 Å². The van der Waals surface area contributed by atoms with Crippen molar-refractivity contribution in [2.75, 3.05) is 13.1 Å². The van der Waals surface area contributed by atoms with Crippen molar-refractivity contribution >= 4 is 7.98 Å². The topological polar surface area (TPSA) is 52.0 Å². The van der Waals surface area contributed by atoms with E-state index in [0.717, 1.165) is 6.54 Å². The van der Waals surface area contributed by atoms with Crippen molar-refractivity contribution in [1.29, 1.82) is 0 Å². The Morgan fingerprint density at radius 2 is 2.60 bits per heavy atom. The predicted octanol–water partition coefficient (Wildman–Crippen LogP) is 0.309. The van der Waals surface area contributed by atoms with Gasteiger partial charge in [-0.25, -0.2) is 0 Å². The Labute approximate surface area is 61.3 Å². The molecular weight excluding hydrogens is 127 g/mol. The predicted molar refractivity (Wildman–Crippen MR) is 42.3 cm³/mol. The van der Waals surface area contributed by atoms with E-state index in [-0.39, 0.29) is 0 Å². The van der Waals surface area contributed by atoms with Gasteiger partial charge in [-0.05, 0) is 24.9 Å². The fourth-order valence-electron chi connectivity index (χ4n) is 1.34. The molecule has 1 unspecified atom stereocenters. The average molecular weight is 138 g/mol. The minimum atomic E-state index is 0.496. The fraction of sp³-hybridized carbons (Fsp3) is 1.00. The first kappa shape index (κ1) is 7.44. The highest BCUT2D eigenvalue weighted by Gasteiger charge is 2.18. The summed E-state index contributed by atoms with van der Waals surface area (Å²) >= 11 is 0. The molecular formula is C5H11BN4. The van der Waals surface area contributed by atoms with Crippen LogP contribution < -0.4 is 0 Å². The Bertz CT molecular complexity index is 154. The quantitative estimate of drug-likeness (QED) is 0.234. The van der Waals surface area contributed by atoms with Crippen LogP contribution in [0.4, 0.5) is 0 Å². The lowest BCUT2D eigenvalue weighted by Gasteiger charge is -2.16. The van der Waals surface area contributed by atoms with Gasteiger partial charge in [0.1, 0.15) is 0 Å². The van der Waals surface area contributed by atoms with E-state index in [2.05, 4.69) is 22.8 Å². The van der Waals surface area contributed by atoms with Crippen LogP contribution in [0.3, 0.4) is 0 Å². The molecule has 1 fully saturated rings. The minimum Gasteiger partial charge on any atom is -0.346 e. The normalized spacial score (nSPS) is 26.2. The van der Waals surface area contributed by atoms with Crippen molar-refractivity contribution < 1.29 is 0 Å². The summed E-state index contributed by atoms with van der Waals surface area (Å²) in [5.41, 5.74) is 8.05. The molecule has 0 aliphatic carbocycles. The van der Waals surface area contributed by atoms with Gasteiger partial charge >= 0.3 is 0 Å². The largest absolute Gasteiger partial charge is 0.346 e. The highest BCUT2D eigenvalue weighted by Crippen LogP contribution is 2.13. The van der Waals surface area contributed by atoms with E-state index >= 15 is 0 Å². The maximum absolute atomic E-state index is 8.05. The lowest BCUT2D eigenvalue weighted by atomic mass is 10.2. The number of hydrogen-bond donors (Lipinski definition) is 0. The van der Waals surface area contributed by atoms with Crippen LogP contribution in [0.25, 0.3) is 10.4 Å². The molecule has 0 aromatic heterocycles. The Kier molecular flexibility index (Phi) is 2.60. The van der Waals surface area contributed by atoms with Gasteiger partial charge < -0.3 is 4.81 Å². The molecule has 1 aliphatic rings. The molecule has 1 heterocycles. The standard InChI is InChI=1S/C5H11BN4/c6-10-3-1-2-5(10)4-8-9-7/h5H,1-4,6H2. The molecule has 1 saturated heterocycles. The summed E-state index contributed by atoms with van der Waals surface area (Å²) in [6.45, 7) is 1.78. The summed E-state index contributed by atoms with van der Waals surface area (Å²) in [5.74, 6) is 0. The van der Waals surface area contributed by atoms with Crippen LogP contribution in [0.1, 0.15) is 12.8 Å². The number of azide groups is 1. The monoisotopic (exact) mass is 138 g/mol. The second-order valence-electron chi connectivity index (χ2n) is 2.69. The molecule has 0 amide bonds. The third-order valence-electron chi connectivity index (χ3n) is 2.03. The van der Waals surface area contributed by atoms with E-state index < -0.39 is 0 Å². The first-order valence-electron chi connectivity index (χ1n) is 3.55. The van der Waals surface area contributed by atoms with Gasteiger partial charge in [0.15, 0.2) is 7.98 Å². The molecule has 0 aromatic carbocycles. The van der Waals surface area contributed by atoms with E-state index in [0.29, 0.717) is 12.6 Å². The second-order valence-corrected chi connectivity index (χ2v) is 2.69. The van der Waals surface area contributed by atoms with Crippen LogP contribution in [0.15, 0.2) is 5.11 Å². The smallest absolute Gasteiger partial charge is 0.185 e. The summed E-state index contributed by atoms with van der Waals surface area (Å²) in [4.78, 5) is 4.98. The van der Waals surface area contributed by atoms with E-state index in [1.807, 2.05) is 0 Å². The maximum atomic E-state index is 8.05. The van der Waals surface area contributed by atoms with Gasteiger partial charge in [-0.15, -0.1) is 0 Å². The molecule has 4 nitrogen and oxygen atoms in total. The number of rotatable bonds is 2. The molecule has 0 N–H and O–H groups in total. The van der Waals surface area contributed by atoms with Gasteiger partial charge in [0.2, 0.25) is 0 Å². The van der Waals surface area contributed by atoms with Crippen LogP contribution in [0.5, 0.6) is 0 Å². The van der Waals surface area contributed by atoms with E-state index in [4.69, 9.17) is 5.53 Å². The van der Waals surface area contributed by atoms with E-state index in [9.17, 15) is 0 Å². The zero-order valence-electron chi connectivity index (χ0n) is 6.19. The van der Waals surface area contributed by atoms with Gasteiger partial charge in [0.05, 0.1) is 0 Å². The van der Waals surface area contributed by atoms with Gasteiger partial charge in [0.25, 0.3) is 0 Å². The van der Waals surface area contributed by atoms with Gasteiger partial charge in [-0.1, -0.05) is 5.11 Å². The molecule has 1 rings (SSSR count). The van der Waals surface area contributed by atoms with Crippen molar-refractivity contribution in [3.05, 3.63) is 10.4 Å². The third-order valence-corrected chi connectivity index (χ3v) is 2.03. The third kappa shape index (κ3) is 1.66. The molecule has 1 aliphatic heterocycles. The zero-order chi connectivity index (χ0) is 7.40. The molecule has 5 heteroatoms. The SMILES string of the molecule is BN1CCCC1CN=[N+]=[N-]. The van der Waals surface area contributed by atoms with Crippen molar-refractivity contribution in [2.24, 2.45) is 5.11 Å². The summed E-state index contributed by atoms with van der Waals surface area (Å²) in [6.07, 6.45) is 2.41. The summed E-state index contributed by atoms with van der Waals surface area (Å²) in [6, 6.07) is 0.496. The molecule has 10 heavy (non-hydrogen) atoms. The Hall–Kier alpha value is -0.665. The first-order chi connectivity index (χ1) is 4.84. The molecule has 0 saturated carbocycles. The van der Waals surface area contributed by atoms with Crippen LogP contribution >= 0.6 is 0 Å². The zero-order valence-corrected chi connectivity index (χ0v) is 6.19. The van der Waals surface area contributed by atoms with Crippen LogP contribution in [-0.2, 0) is 0 Å². The highest BCUT2D eigenvalue weighted by molar-refractivity contribution is 6.04. The van der Waals surface area contributed by atoms with E-state index in [1.165, 1.54) is 12.8 Å². The van der Waals surface area contributed by atoms with Crippen molar-refractivity contribution in [1.82, 2.24) is 4.81 Å². The molecule has 0 radical (unpaired) electrons. The van der Waals surface area contributed by atoms with Crippen molar-refractivity contribution in [3.8, 4) is 0 Å². The summed E-state index contributed by atoms with van der Waals surface area (Å²) < 4.78 is 0. The molecule has 0 aromatic rings. The molecule has 0 bridgehead atoms. The van der Waals surface area contributed by atoms with Crippen molar-refractivity contribution in [3.63, 3.8) is 0 Å². The van der Waals surface area contributed by atoms with Gasteiger partial charge in [-0.2, -0.15) is 0 Å². The highest BCUT2D eigenvalue weighted by atomic mass is 15.2. The first-order valence-corrected chi connectivity index (χ1v) is 3.55. The molecule has 0 spiro atoms. The lowest BCUT2D eigenvalue weighted by molar-refractivity contribution is 0.427. The van der Waals surface area contributed by atoms with Crippen LogP contribution in [-0.4, -0.2) is 31.9 Å². The maximum Gasteiger partial charge on any atom is 0.185 e. The van der Waals surface area contributed by atoms with Gasteiger partial charge in [-0.3, -0.25) is 0 Å². The Morgan fingerprint density at radius 3 is 3.10 bits per heavy atom. The molecule has 54 valence electrons. The summed E-state index contributed by atoms with van der Waals surface area (Å²) in [5, 5.41) is 3.54. The number of nitrogens with zero attached hydrogens (tertiary/aromatic N) is 4. The average Bonchev–Trinajstić information content (AvgIpc) is 2.31. The lowest BCUT2D eigenvalue weighted by Crippen LogP contribution is -2.28. The minimum absolute atomic E-state index is 0.496. The van der Waals surface area contributed by atoms with E-state index in [1.54, 1.807) is 0 Å². The Balaban J connectivity index is 2.32. The van der Waals surface area contributed by atoms with Crippen LogP contribution in [0.2, 0.25) is 0 Å². The second kappa shape index (κ2) is 3.49. The van der Waals surface area contributed by atoms with Crippen molar-refractivity contribution in [2.45, 2.75) is 18.9 Å². The fourth-order valence-corrected chi connectivity index (χ4v) is 1.34. The summed E-state index contributed by atoms with van der Waals surface area (Å²) in [7, 11) is 2.07. The van der Waals surface area contributed by atoms with Crippen LogP contribution in [0, 0.1) is 0 Å². The Morgan fingerprint density at radius 1 is 1.80 bits per heavy atom.